The summed E-state index contributed by atoms with van der Waals surface area (Å²) in [6.45, 7) is 0. The van der Waals surface area contributed by atoms with Gasteiger partial charge in [-0.1, -0.05) is 40.2 Å². The van der Waals surface area contributed by atoms with Crippen LogP contribution in [0.15, 0.2) is 46.9 Å². The maximum absolute atomic E-state index is 13.9. The van der Waals surface area contributed by atoms with Crippen molar-refractivity contribution in [2.45, 2.75) is 18.9 Å². The number of hydrogen-bond donors (Lipinski definition) is 2. The highest BCUT2D eigenvalue weighted by atomic mass is 79.9. The summed E-state index contributed by atoms with van der Waals surface area (Å²) in [4.78, 5) is 0. The van der Waals surface area contributed by atoms with Gasteiger partial charge in [-0.25, -0.2) is 4.39 Å². The van der Waals surface area contributed by atoms with Gasteiger partial charge in [0, 0.05) is 10.5 Å². The summed E-state index contributed by atoms with van der Waals surface area (Å²) in [6, 6.07) is 12.8. The van der Waals surface area contributed by atoms with E-state index in [9.17, 15) is 4.39 Å². The van der Waals surface area contributed by atoms with Crippen molar-refractivity contribution in [1.82, 2.24) is 5.43 Å². The number of halogens is 2. The summed E-state index contributed by atoms with van der Waals surface area (Å²) < 4.78 is 20.0. The summed E-state index contributed by atoms with van der Waals surface area (Å²) in [6.07, 6.45) is 1.17. The fourth-order valence-corrected chi connectivity index (χ4v) is 2.61. The van der Waals surface area contributed by atoms with Crippen LogP contribution in [0.2, 0.25) is 0 Å². The molecule has 0 saturated heterocycles. The van der Waals surface area contributed by atoms with E-state index in [-0.39, 0.29) is 11.9 Å². The molecule has 3 nitrogen and oxygen atoms in total. The Morgan fingerprint density at radius 1 is 1.19 bits per heavy atom. The third-order valence-corrected chi connectivity index (χ3v) is 3.87. The van der Waals surface area contributed by atoms with Gasteiger partial charge in [-0.05, 0) is 42.2 Å². The van der Waals surface area contributed by atoms with Crippen LogP contribution >= 0.6 is 15.9 Å². The second-order valence-electron chi connectivity index (χ2n) is 4.82. The quantitative estimate of drug-likeness (QED) is 0.619. The second-order valence-corrected chi connectivity index (χ2v) is 5.74. The number of para-hydroxylation sites is 1. The van der Waals surface area contributed by atoms with Gasteiger partial charge in [0.15, 0.2) is 0 Å². The lowest BCUT2D eigenvalue weighted by atomic mass is 9.98. The molecule has 3 N–H and O–H groups in total. The summed E-state index contributed by atoms with van der Waals surface area (Å²) >= 11 is 3.26. The van der Waals surface area contributed by atoms with Crippen molar-refractivity contribution in [1.29, 1.82) is 0 Å². The first kappa shape index (κ1) is 15.9. The molecule has 0 spiro atoms. The lowest BCUT2D eigenvalue weighted by Crippen LogP contribution is -2.38. The fourth-order valence-electron chi connectivity index (χ4n) is 2.28. The first-order chi connectivity index (χ1) is 10.1. The Hall–Kier alpha value is -1.43. The molecule has 0 aliphatic heterocycles. The van der Waals surface area contributed by atoms with E-state index < -0.39 is 0 Å². The van der Waals surface area contributed by atoms with Crippen molar-refractivity contribution < 1.29 is 9.13 Å². The molecular weight excluding hydrogens is 335 g/mol. The largest absolute Gasteiger partial charge is 0.496 e. The molecule has 1 atom stereocenters. The summed E-state index contributed by atoms with van der Waals surface area (Å²) in [7, 11) is 1.64. The van der Waals surface area contributed by atoms with Gasteiger partial charge in [0.05, 0.1) is 7.11 Å². The van der Waals surface area contributed by atoms with Crippen molar-refractivity contribution in [2.75, 3.05) is 7.11 Å². The Morgan fingerprint density at radius 3 is 2.57 bits per heavy atom. The number of hydrogen-bond acceptors (Lipinski definition) is 3. The number of benzene rings is 2. The molecule has 0 saturated carbocycles. The Labute approximate surface area is 132 Å². The van der Waals surface area contributed by atoms with Gasteiger partial charge in [-0.2, -0.15) is 0 Å². The van der Waals surface area contributed by atoms with Crippen molar-refractivity contribution in [3.8, 4) is 5.75 Å². The molecule has 0 aliphatic rings. The molecule has 2 aromatic carbocycles. The molecule has 21 heavy (non-hydrogen) atoms. The van der Waals surface area contributed by atoms with Crippen molar-refractivity contribution in [3.05, 3.63) is 63.9 Å². The summed E-state index contributed by atoms with van der Waals surface area (Å²) in [5.41, 5.74) is 4.44. The van der Waals surface area contributed by atoms with E-state index in [4.69, 9.17) is 10.6 Å². The maximum atomic E-state index is 13.9. The van der Waals surface area contributed by atoms with E-state index in [1.807, 2.05) is 30.3 Å². The molecule has 5 heteroatoms. The first-order valence-corrected chi connectivity index (χ1v) is 7.45. The van der Waals surface area contributed by atoms with Crippen LogP contribution < -0.4 is 16.0 Å². The van der Waals surface area contributed by atoms with E-state index >= 15 is 0 Å². The zero-order valence-corrected chi connectivity index (χ0v) is 13.4. The van der Waals surface area contributed by atoms with E-state index in [0.717, 1.165) is 15.8 Å². The number of hydrazine groups is 1. The Morgan fingerprint density at radius 2 is 1.90 bits per heavy atom. The predicted octanol–water partition coefficient (Wildman–Crippen LogP) is 3.21. The van der Waals surface area contributed by atoms with Crippen molar-refractivity contribution in [3.63, 3.8) is 0 Å². The van der Waals surface area contributed by atoms with Crippen LogP contribution in [0.4, 0.5) is 4.39 Å². The first-order valence-electron chi connectivity index (χ1n) is 6.66. The number of ether oxygens (including phenoxy) is 1. The Balaban J connectivity index is 2.13. The molecule has 0 fully saturated rings. The fraction of sp³-hybridized carbons (Fsp3) is 0.250. The van der Waals surface area contributed by atoms with Crippen LogP contribution in [-0.2, 0) is 12.8 Å². The molecule has 2 rings (SSSR count). The zero-order chi connectivity index (χ0) is 15.2. The molecule has 0 aromatic heterocycles. The van der Waals surface area contributed by atoms with E-state index in [2.05, 4.69) is 21.4 Å². The molecule has 0 amide bonds. The average molecular weight is 353 g/mol. The lowest BCUT2D eigenvalue weighted by Gasteiger charge is -2.18. The molecule has 0 aliphatic carbocycles. The molecule has 0 bridgehead atoms. The maximum Gasteiger partial charge on any atom is 0.127 e. The van der Waals surface area contributed by atoms with Gasteiger partial charge in [0.25, 0.3) is 0 Å². The smallest absolute Gasteiger partial charge is 0.127 e. The van der Waals surface area contributed by atoms with Gasteiger partial charge >= 0.3 is 0 Å². The number of nitrogens with one attached hydrogen (secondary N) is 1. The molecule has 0 heterocycles. The van der Waals surface area contributed by atoms with Crippen LogP contribution in [0, 0.1) is 5.82 Å². The molecular formula is C16H18BrFN2O. The van der Waals surface area contributed by atoms with Crippen LogP contribution in [0.25, 0.3) is 0 Å². The zero-order valence-electron chi connectivity index (χ0n) is 11.8. The summed E-state index contributed by atoms with van der Waals surface area (Å²) in [5, 5.41) is 0. The van der Waals surface area contributed by atoms with Crippen LogP contribution in [0.5, 0.6) is 5.75 Å². The minimum absolute atomic E-state index is 0.0722. The monoisotopic (exact) mass is 352 g/mol. The van der Waals surface area contributed by atoms with Crippen molar-refractivity contribution in [2.24, 2.45) is 5.84 Å². The second kappa shape index (κ2) is 7.54. The van der Waals surface area contributed by atoms with Gasteiger partial charge in [0.2, 0.25) is 0 Å². The van der Waals surface area contributed by atoms with Gasteiger partial charge in [0.1, 0.15) is 11.6 Å². The van der Waals surface area contributed by atoms with Crippen LogP contribution in [0.3, 0.4) is 0 Å². The van der Waals surface area contributed by atoms with E-state index in [0.29, 0.717) is 18.4 Å². The van der Waals surface area contributed by atoms with Crippen LogP contribution in [0.1, 0.15) is 11.1 Å². The van der Waals surface area contributed by atoms with Gasteiger partial charge < -0.3 is 4.74 Å². The van der Waals surface area contributed by atoms with Gasteiger partial charge in [-0.3, -0.25) is 11.3 Å². The lowest BCUT2D eigenvalue weighted by molar-refractivity contribution is 0.404. The number of nitrogens with two attached hydrogens (primary N) is 1. The normalized spacial score (nSPS) is 12.2. The highest BCUT2D eigenvalue weighted by molar-refractivity contribution is 9.10. The topological polar surface area (TPSA) is 47.3 Å². The highest BCUT2D eigenvalue weighted by Crippen LogP contribution is 2.21. The minimum atomic E-state index is -0.232. The third kappa shape index (κ3) is 4.27. The van der Waals surface area contributed by atoms with Crippen molar-refractivity contribution >= 4 is 15.9 Å². The Bertz CT molecular complexity index is 607. The standard InChI is InChI=1S/C16H18BrFN2O/c1-21-16-5-3-2-4-12(16)9-14(20-19)8-11-6-7-13(17)10-15(11)18/h2-7,10,14,20H,8-9,19H2,1H3. The van der Waals surface area contributed by atoms with Gasteiger partial charge in [-0.15, -0.1) is 0 Å². The highest BCUT2D eigenvalue weighted by Gasteiger charge is 2.14. The van der Waals surface area contributed by atoms with E-state index in [1.165, 1.54) is 6.07 Å². The molecule has 2 aromatic rings. The summed E-state index contributed by atoms with van der Waals surface area (Å²) in [5.74, 6) is 6.20. The predicted molar refractivity (Wildman–Crippen MR) is 85.6 cm³/mol. The minimum Gasteiger partial charge on any atom is -0.496 e. The van der Waals surface area contributed by atoms with E-state index in [1.54, 1.807) is 13.2 Å². The molecule has 0 radical (unpaired) electrons. The molecule has 112 valence electrons. The average Bonchev–Trinajstić information content (AvgIpc) is 2.49. The number of methoxy groups -OCH3 is 1. The Kier molecular flexibility index (Phi) is 5.73. The SMILES string of the molecule is COc1ccccc1CC(Cc1ccc(Br)cc1F)NN. The molecule has 1 unspecified atom stereocenters. The van der Waals surface area contributed by atoms with Crippen LogP contribution in [-0.4, -0.2) is 13.2 Å². The third-order valence-electron chi connectivity index (χ3n) is 3.38. The number of rotatable bonds is 6.